The minimum Gasteiger partial charge on any atom is -0.464 e. The van der Waals surface area contributed by atoms with Crippen LogP contribution in [0.5, 0.6) is 0 Å². The SMILES string of the molecule is COC(=O)c1ccc2c3cccn3c(=O)n12. The zero-order valence-corrected chi connectivity index (χ0v) is 8.51. The predicted molar refractivity (Wildman–Crippen MR) is 57.1 cm³/mol. The van der Waals surface area contributed by atoms with Crippen LogP contribution in [0.25, 0.3) is 11.0 Å². The average molecular weight is 216 g/mol. The van der Waals surface area contributed by atoms with Crippen molar-refractivity contribution in [3.8, 4) is 0 Å². The summed E-state index contributed by atoms with van der Waals surface area (Å²) in [6, 6.07) is 6.96. The lowest BCUT2D eigenvalue weighted by Crippen LogP contribution is -2.18. The average Bonchev–Trinajstić information content (AvgIpc) is 2.95. The first-order valence-corrected chi connectivity index (χ1v) is 4.76. The van der Waals surface area contributed by atoms with Crippen LogP contribution in [0.4, 0.5) is 0 Å². The van der Waals surface area contributed by atoms with Gasteiger partial charge < -0.3 is 4.74 Å². The highest BCUT2D eigenvalue weighted by molar-refractivity contribution is 5.91. The third kappa shape index (κ3) is 0.894. The maximum atomic E-state index is 12.0. The van der Waals surface area contributed by atoms with Crippen LogP contribution < -0.4 is 5.69 Å². The van der Waals surface area contributed by atoms with Gasteiger partial charge in [-0.3, -0.25) is 8.80 Å². The molecule has 80 valence electrons. The van der Waals surface area contributed by atoms with E-state index < -0.39 is 5.97 Å². The van der Waals surface area contributed by atoms with Gasteiger partial charge in [0.05, 0.1) is 18.1 Å². The van der Waals surface area contributed by atoms with Gasteiger partial charge in [-0.25, -0.2) is 9.59 Å². The Balaban J connectivity index is 2.50. The number of imidazole rings is 1. The van der Waals surface area contributed by atoms with E-state index in [1.165, 1.54) is 15.9 Å². The molecule has 3 aromatic rings. The van der Waals surface area contributed by atoms with Gasteiger partial charge in [-0.05, 0) is 24.3 Å². The van der Waals surface area contributed by atoms with Gasteiger partial charge in [0.1, 0.15) is 5.69 Å². The Morgan fingerprint density at radius 1 is 1.25 bits per heavy atom. The zero-order chi connectivity index (χ0) is 11.3. The van der Waals surface area contributed by atoms with E-state index in [0.717, 1.165) is 11.0 Å². The maximum Gasteiger partial charge on any atom is 0.355 e. The molecule has 0 unspecified atom stereocenters. The number of methoxy groups -OCH3 is 1. The highest BCUT2D eigenvalue weighted by Gasteiger charge is 2.17. The molecule has 0 atom stereocenters. The molecule has 3 heterocycles. The number of carbonyl (C=O) groups excluding carboxylic acids is 1. The number of hydrogen-bond acceptors (Lipinski definition) is 3. The molecule has 5 heteroatoms. The molecule has 0 amide bonds. The van der Waals surface area contributed by atoms with E-state index >= 15 is 0 Å². The summed E-state index contributed by atoms with van der Waals surface area (Å²) >= 11 is 0. The lowest BCUT2D eigenvalue weighted by molar-refractivity contribution is 0.0592. The van der Waals surface area contributed by atoms with Crippen molar-refractivity contribution in [2.75, 3.05) is 7.11 Å². The largest absolute Gasteiger partial charge is 0.464 e. The van der Waals surface area contributed by atoms with E-state index in [-0.39, 0.29) is 11.4 Å². The lowest BCUT2D eigenvalue weighted by Gasteiger charge is -1.95. The number of aromatic nitrogens is 2. The van der Waals surface area contributed by atoms with E-state index in [0.29, 0.717) is 0 Å². The number of nitrogens with zero attached hydrogens (tertiary/aromatic N) is 2. The summed E-state index contributed by atoms with van der Waals surface area (Å²) < 4.78 is 7.49. The first kappa shape index (κ1) is 8.96. The molecule has 0 aliphatic rings. The molecule has 5 nitrogen and oxygen atoms in total. The molecule has 0 fully saturated rings. The second-order valence-corrected chi connectivity index (χ2v) is 3.48. The molecule has 3 rings (SSSR count). The van der Waals surface area contributed by atoms with E-state index in [2.05, 4.69) is 4.74 Å². The van der Waals surface area contributed by atoms with Crippen LogP contribution in [-0.2, 0) is 4.74 Å². The molecule has 0 N–H and O–H groups in total. The molecule has 16 heavy (non-hydrogen) atoms. The van der Waals surface area contributed by atoms with Crippen molar-refractivity contribution in [1.82, 2.24) is 8.80 Å². The standard InChI is InChI=1S/C11H8N2O3/c1-16-10(14)9-5-4-8-7-3-2-6-12(7)11(15)13(8)9/h2-6H,1H3. The quantitative estimate of drug-likeness (QED) is 0.565. The van der Waals surface area contributed by atoms with Crippen molar-refractivity contribution < 1.29 is 9.53 Å². The van der Waals surface area contributed by atoms with Crippen LogP contribution in [0.1, 0.15) is 10.5 Å². The predicted octanol–water partition coefficient (Wildman–Crippen LogP) is 0.777. The second-order valence-electron chi connectivity index (χ2n) is 3.48. The topological polar surface area (TPSA) is 52.2 Å². The Morgan fingerprint density at radius 3 is 2.81 bits per heavy atom. The molecule has 3 aromatic heterocycles. The van der Waals surface area contributed by atoms with E-state index in [9.17, 15) is 9.59 Å². The first-order valence-electron chi connectivity index (χ1n) is 4.76. The van der Waals surface area contributed by atoms with Gasteiger partial charge in [0, 0.05) is 6.20 Å². The highest BCUT2D eigenvalue weighted by atomic mass is 16.5. The second kappa shape index (κ2) is 2.85. The number of ether oxygens (including phenoxy) is 1. The number of rotatable bonds is 1. The first-order chi connectivity index (χ1) is 7.74. The Kier molecular flexibility index (Phi) is 1.60. The van der Waals surface area contributed by atoms with Gasteiger partial charge in [0.15, 0.2) is 0 Å². The number of esters is 1. The van der Waals surface area contributed by atoms with Gasteiger partial charge in [-0.1, -0.05) is 0 Å². The third-order valence-electron chi connectivity index (χ3n) is 2.68. The fraction of sp³-hybridized carbons (Fsp3) is 0.0909. The van der Waals surface area contributed by atoms with E-state index in [4.69, 9.17) is 0 Å². The van der Waals surface area contributed by atoms with E-state index in [1.807, 2.05) is 6.07 Å². The number of fused-ring (bicyclic) bond motifs is 3. The fourth-order valence-electron chi connectivity index (χ4n) is 1.97. The van der Waals surface area contributed by atoms with Gasteiger partial charge in [0.25, 0.3) is 0 Å². The minimum absolute atomic E-state index is 0.250. The lowest BCUT2D eigenvalue weighted by atomic mass is 10.4. The van der Waals surface area contributed by atoms with Crippen molar-refractivity contribution in [2.45, 2.75) is 0 Å². The molecule has 0 saturated carbocycles. The van der Waals surface area contributed by atoms with Crippen LogP contribution >= 0.6 is 0 Å². The van der Waals surface area contributed by atoms with Gasteiger partial charge in [0.2, 0.25) is 0 Å². The summed E-state index contributed by atoms with van der Waals surface area (Å²) in [4.78, 5) is 23.4. The Bertz CT molecular complexity index is 738. The van der Waals surface area contributed by atoms with E-state index in [1.54, 1.807) is 24.4 Å². The van der Waals surface area contributed by atoms with Crippen LogP contribution in [0.2, 0.25) is 0 Å². The van der Waals surface area contributed by atoms with Gasteiger partial charge >= 0.3 is 11.7 Å². The summed E-state index contributed by atoms with van der Waals surface area (Å²) in [5.74, 6) is -0.509. The van der Waals surface area contributed by atoms with Crippen molar-refractivity contribution >= 4 is 17.0 Å². The van der Waals surface area contributed by atoms with Crippen LogP contribution in [0, 0.1) is 0 Å². The summed E-state index contributed by atoms with van der Waals surface area (Å²) in [6.07, 6.45) is 1.67. The molecule has 0 aliphatic carbocycles. The van der Waals surface area contributed by atoms with Crippen LogP contribution in [0.3, 0.4) is 0 Å². The monoisotopic (exact) mass is 216 g/mol. The third-order valence-corrected chi connectivity index (χ3v) is 2.68. The summed E-state index contributed by atoms with van der Waals surface area (Å²) in [6.45, 7) is 0. The van der Waals surface area contributed by atoms with Crippen molar-refractivity contribution in [2.24, 2.45) is 0 Å². The van der Waals surface area contributed by atoms with Crippen LogP contribution in [0.15, 0.2) is 35.3 Å². The molecular weight excluding hydrogens is 208 g/mol. The minimum atomic E-state index is -0.509. The zero-order valence-electron chi connectivity index (χ0n) is 8.51. The Hall–Kier alpha value is -2.30. The number of hydrogen-bond donors (Lipinski definition) is 0. The molecular formula is C11H8N2O3. The molecule has 0 radical (unpaired) electrons. The van der Waals surface area contributed by atoms with Gasteiger partial charge in [-0.2, -0.15) is 0 Å². The Morgan fingerprint density at radius 2 is 2.06 bits per heavy atom. The fourth-order valence-corrected chi connectivity index (χ4v) is 1.97. The molecule has 0 aliphatic heterocycles. The van der Waals surface area contributed by atoms with Crippen molar-refractivity contribution in [3.63, 3.8) is 0 Å². The summed E-state index contributed by atoms with van der Waals surface area (Å²) in [7, 11) is 1.29. The Labute approximate surface area is 89.8 Å². The molecule has 0 bridgehead atoms. The van der Waals surface area contributed by atoms with Crippen molar-refractivity contribution in [3.05, 3.63) is 46.6 Å². The van der Waals surface area contributed by atoms with Gasteiger partial charge in [-0.15, -0.1) is 0 Å². The molecule has 0 aromatic carbocycles. The smallest absolute Gasteiger partial charge is 0.355 e. The van der Waals surface area contributed by atoms with Crippen molar-refractivity contribution in [1.29, 1.82) is 0 Å². The number of carbonyl (C=O) groups is 1. The summed E-state index contributed by atoms with van der Waals surface area (Å²) in [5.41, 5.74) is 1.52. The normalized spacial score (nSPS) is 11.3. The summed E-state index contributed by atoms with van der Waals surface area (Å²) in [5, 5.41) is 0. The highest BCUT2D eigenvalue weighted by Crippen LogP contribution is 2.16. The molecule has 0 spiro atoms. The molecule has 0 saturated heterocycles. The van der Waals surface area contributed by atoms with Crippen LogP contribution in [-0.4, -0.2) is 21.9 Å². The maximum absolute atomic E-state index is 12.0.